The molecule has 0 saturated carbocycles. The van der Waals surface area contributed by atoms with Gasteiger partial charge in [-0.2, -0.15) is 0 Å². The van der Waals surface area contributed by atoms with Crippen LogP contribution in [-0.4, -0.2) is 50.5 Å². The van der Waals surface area contributed by atoms with E-state index in [4.69, 9.17) is 11.6 Å². The molecular formula is C28H31BrClN3O4S. The standard InChI is InChI=1S/C28H31BrClN3O4S/c1-4-31-28(35)26(16-21-8-6-5-7-9-21)32(18-22-11-13-23(29)14-12-22)27(34)19-33(38(3,36)37)24-15-10-20(2)25(30)17-24/h5-15,17,26H,4,16,18-19H2,1-3H3,(H,31,35). The maximum absolute atomic E-state index is 13.9. The van der Waals surface area contributed by atoms with Gasteiger partial charge in [0, 0.05) is 29.0 Å². The average Bonchev–Trinajstić information content (AvgIpc) is 2.87. The number of hydrogen-bond acceptors (Lipinski definition) is 4. The monoisotopic (exact) mass is 619 g/mol. The zero-order valence-corrected chi connectivity index (χ0v) is 24.7. The number of aryl methyl sites for hydroxylation is 1. The van der Waals surface area contributed by atoms with Crippen LogP contribution in [0.15, 0.2) is 77.3 Å². The van der Waals surface area contributed by atoms with Crippen LogP contribution >= 0.6 is 27.5 Å². The van der Waals surface area contributed by atoms with Gasteiger partial charge in [0.15, 0.2) is 0 Å². The summed E-state index contributed by atoms with van der Waals surface area (Å²) in [4.78, 5) is 28.7. The summed E-state index contributed by atoms with van der Waals surface area (Å²) in [5.41, 5.74) is 2.74. The fourth-order valence-electron chi connectivity index (χ4n) is 3.98. The molecular weight excluding hydrogens is 590 g/mol. The first-order valence-electron chi connectivity index (χ1n) is 12.1. The van der Waals surface area contributed by atoms with Crippen molar-refractivity contribution in [1.29, 1.82) is 0 Å². The number of amides is 2. The quantitative estimate of drug-likeness (QED) is 0.329. The molecule has 1 N–H and O–H groups in total. The van der Waals surface area contributed by atoms with E-state index < -0.39 is 28.5 Å². The minimum Gasteiger partial charge on any atom is -0.355 e. The molecule has 0 radical (unpaired) electrons. The van der Waals surface area contributed by atoms with Gasteiger partial charge in [0.1, 0.15) is 12.6 Å². The topological polar surface area (TPSA) is 86.8 Å². The number of nitrogens with one attached hydrogen (secondary N) is 1. The van der Waals surface area contributed by atoms with Crippen LogP contribution < -0.4 is 9.62 Å². The molecule has 3 rings (SSSR count). The lowest BCUT2D eigenvalue weighted by Crippen LogP contribution is -2.53. The summed E-state index contributed by atoms with van der Waals surface area (Å²) >= 11 is 9.69. The van der Waals surface area contributed by atoms with E-state index in [9.17, 15) is 18.0 Å². The van der Waals surface area contributed by atoms with Crippen LogP contribution in [0.4, 0.5) is 5.69 Å². The van der Waals surface area contributed by atoms with Crippen molar-refractivity contribution in [3.05, 3.63) is 99.0 Å². The lowest BCUT2D eigenvalue weighted by atomic mass is 10.0. The van der Waals surface area contributed by atoms with Gasteiger partial charge >= 0.3 is 0 Å². The number of carbonyl (C=O) groups excluding carboxylic acids is 2. The maximum Gasteiger partial charge on any atom is 0.244 e. The lowest BCUT2D eigenvalue weighted by Gasteiger charge is -2.33. The van der Waals surface area contributed by atoms with Crippen molar-refractivity contribution in [3.8, 4) is 0 Å². The van der Waals surface area contributed by atoms with Crippen LogP contribution in [0.1, 0.15) is 23.6 Å². The molecule has 3 aromatic carbocycles. The number of carbonyl (C=O) groups is 2. The predicted molar refractivity (Wildman–Crippen MR) is 156 cm³/mol. The summed E-state index contributed by atoms with van der Waals surface area (Å²) < 4.78 is 27.5. The smallest absolute Gasteiger partial charge is 0.244 e. The molecule has 1 unspecified atom stereocenters. The summed E-state index contributed by atoms with van der Waals surface area (Å²) in [6, 6.07) is 20.8. The van der Waals surface area contributed by atoms with Crippen LogP contribution in [0, 0.1) is 6.92 Å². The Hall–Kier alpha value is -2.88. The third-order valence-electron chi connectivity index (χ3n) is 6.01. The van der Waals surface area contributed by atoms with E-state index in [1.807, 2.05) is 68.4 Å². The fourth-order valence-corrected chi connectivity index (χ4v) is 5.26. The first-order chi connectivity index (χ1) is 18.0. The van der Waals surface area contributed by atoms with Crippen molar-refractivity contribution < 1.29 is 18.0 Å². The Bertz CT molecular complexity index is 1370. The molecule has 0 spiro atoms. The molecule has 0 bridgehead atoms. The first kappa shape index (κ1) is 29.7. The highest BCUT2D eigenvalue weighted by molar-refractivity contribution is 9.10. The summed E-state index contributed by atoms with van der Waals surface area (Å²) in [7, 11) is -3.85. The zero-order chi connectivity index (χ0) is 27.9. The number of benzene rings is 3. The van der Waals surface area contributed by atoms with Gasteiger partial charge < -0.3 is 10.2 Å². The van der Waals surface area contributed by atoms with Crippen LogP contribution in [0.5, 0.6) is 0 Å². The molecule has 0 aliphatic carbocycles. The Labute approximate surface area is 238 Å². The molecule has 10 heteroatoms. The zero-order valence-electron chi connectivity index (χ0n) is 21.5. The van der Waals surface area contributed by atoms with Gasteiger partial charge in [-0.1, -0.05) is 76.1 Å². The van der Waals surface area contributed by atoms with E-state index in [1.54, 1.807) is 12.1 Å². The molecule has 3 aromatic rings. The molecule has 2 amide bonds. The maximum atomic E-state index is 13.9. The van der Waals surface area contributed by atoms with E-state index in [1.165, 1.54) is 11.0 Å². The predicted octanol–water partition coefficient (Wildman–Crippen LogP) is 4.95. The highest BCUT2D eigenvalue weighted by Gasteiger charge is 2.33. The molecule has 0 heterocycles. The molecule has 202 valence electrons. The Morgan fingerprint density at radius 3 is 2.24 bits per heavy atom. The Morgan fingerprint density at radius 1 is 1.00 bits per heavy atom. The number of halogens is 2. The van der Waals surface area contributed by atoms with Crippen LogP contribution in [0.25, 0.3) is 0 Å². The third-order valence-corrected chi connectivity index (χ3v) is 8.09. The average molecular weight is 621 g/mol. The van der Waals surface area contributed by atoms with E-state index in [2.05, 4.69) is 21.2 Å². The lowest BCUT2D eigenvalue weighted by molar-refractivity contribution is -0.140. The van der Waals surface area contributed by atoms with Gasteiger partial charge in [-0.15, -0.1) is 0 Å². The Balaban J connectivity index is 2.04. The van der Waals surface area contributed by atoms with Gasteiger partial charge in [-0.3, -0.25) is 13.9 Å². The number of hydrogen-bond donors (Lipinski definition) is 1. The molecule has 7 nitrogen and oxygen atoms in total. The Kier molecular flexibility index (Phi) is 10.4. The highest BCUT2D eigenvalue weighted by atomic mass is 79.9. The minimum atomic E-state index is -3.85. The van der Waals surface area contributed by atoms with Gasteiger partial charge in [0.05, 0.1) is 11.9 Å². The number of anilines is 1. The second-order valence-electron chi connectivity index (χ2n) is 8.95. The Morgan fingerprint density at radius 2 is 1.66 bits per heavy atom. The van der Waals surface area contributed by atoms with Crippen molar-refractivity contribution in [2.75, 3.05) is 23.7 Å². The second-order valence-corrected chi connectivity index (χ2v) is 12.2. The summed E-state index contributed by atoms with van der Waals surface area (Å²) in [5.74, 6) is -0.826. The largest absolute Gasteiger partial charge is 0.355 e. The van der Waals surface area contributed by atoms with E-state index in [0.717, 1.165) is 31.7 Å². The molecule has 0 fully saturated rings. The van der Waals surface area contributed by atoms with Crippen LogP contribution in [0.3, 0.4) is 0 Å². The molecule has 0 aliphatic rings. The number of likely N-dealkylation sites (N-methyl/N-ethyl adjacent to an activating group) is 1. The molecule has 0 aliphatic heterocycles. The molecule has 0 saturated heterocycles. The van der Waals surface area contributed by atoms with E-state index in [0.29, 0.717) is 11.6 Å². The first-order valence-corrected chi connectivity index (χ1v) is 15.1. The summed E-state index contributed by atoms with van der Waals surface area (Å²) in [6.45, 7) is 3.64. The van der Waals surface area contributed by atoms with Gasteiger partial charge in [0.25, 0.3) is 0 Å². The highest BCUT2D eigenvalue weighted by Crippen LogP contribution is 2.26. The molecule has 1 atom stereocenters. The van der Waals surface area contributed by atoms with Crippen molar-refractivity contribution >= 4 is 55.1 Å². The van der Waals surface area contributed by atoms with Crippen LogP contribution in [-0.2, 0) is 32.6 Å². The molecule has 0 aromatic heterocycles. The number of sulfonamides is 1. The van der Waals surface area contributed by atoms with Gasteiger partial charge in [0.2, 0.25) is 21.8 Å². The number of rotatable bonds is 11. The SMILES string of the molecule is CCNC(=O)C(Cc1ccccc1)N(Cc1ccc(Br)cc1)C(=O)CN(c1ccc(C)c(Cl)c1)S(C)(=O)=O. The van der Waals surface area contributed by atoms with Gasteiger partial charge in [-0.25, -0.2) is 8.42 Å². The van der Waals surface area contributed by atoms with E-state index in [-0.39, 0.29) is 24.6 Å². The normalized spacial score (nSPS) is 12.0. The summed E-state index contributed by atoms with van der Waals surface area (Å²) in [6.07, 6.45) is 1.31. The fraction of sp³-hybridized carbons (Fsp3) is 0.286. The molecule has 38 heavy (non-hydrogen) atoms. The minimum absolute atomic E-state index is 0.118. The van der Waals surface area contributed by atoms with Crippen molar-refractivity contribution in [2.24, 2.45) is 0 Å². The summed E-state index contributed by atoms with van der Waals surface area (Å²) in [5, 5.41) is 3.22. The van der Waals surface area contributed by atoms with Crippen molar-refractivity contribution in [1.82, 2.24) is 10.2 Å². The van der Waals surface area contributed by atoms with Crippen molar-refractivity contribution in [2.45, 2.75) is 32.9 Å². The van der Waals surface area contributed by atoms with Gasteiger partial charge in [-0.05, 0) is 54.8 Å². The van der Waals surface area contributed by atoms with Crippen LogP contribution in [0.2, 0.25) is 5.02 Å². The second kappa shape index (κ2) is 13.3. The third kappa shape index (κ3) is 8.06. The van der Waals surface area contributed by atoms with Crippen molar-refractivity contribution in [3.63, 3.8) is 0 Å². The van der Waals surface area contributed by atoms with E-state index >= 15 is 0 Å². The number of nitrogens with zero attached hydrogens (tertiary/aromatic N) is 2.